The van der Waals surface area contributed by atoms with Crippen molar-refractivity contribution in [2.24, 2.45) is 0 Å². The van der Waals surface area contributed by atoms with Crippen molar-refractivity contribution in [3.63, 3.8) is 0 Å². The van der Waals surface area contributed by atoms with Crippen LogP contribution in [0.4, 0.5) is 0 Å². The Labute approximate surface area is 130 Å². The summed E-state index contributed by atoms with van der Waals surface area (Å²) in [4.78, 5) is 16.3. The van der Waals surface area contributed by atoms with Gasteiger partial charge in [0.25, 0.3) is 0 Å². The lowest BCUT2D eigenvalue weighted by molar-refractivity contribution is -0.145. The first-order valence-electron chi connectivity index (χ1n) is 7.27. The van der Waals surface area contributed by atoms with E-state index >= 15 is 0 Å². The molecule has 22 heavy (non-hydrogen) atoms. The number of esters is 1. The van der Waals surface area contributed by atoms with E-state index in [1.165, 1.54) is 0 Å². The minimum absolute atomic E-state index is 0.313. The molecule has 0 radical (unpaired) electrons. The van der Waals surface area contributed by atoms with Crippen LogP contribution in [0.3, 0.4) is 0 Å². The van der Waals surface area contributed by atoms with Gasteiger partial charge in [0.2, 0.25) is 0 Å². The highest BCUT2D eigenvalue weighted by atomic mass is 16.5. The number of hydrogen-bond acceptors (Lipinski definition) is 4. The van der Waals surface area contributed by atoms with Crippen LogP contribution in [0.1, 0.15) is 36.3 Å². The van der Waals surface area contributed by atoms with E-state index in [2.05, 4.69) is 11.1 Å². The van der Waals surface area contributed by atoms with E-state index < -0.39 is 5.92 Å². The van der Waals surface area contributed by atoms with Crippen molar-refractivity contribution in [2.75, 3.05) is 6.61 Å². The molecule has 0 aliphatic rings. The van der Waals surface area contributed by atoms with Gasteiger partial charge in [0, 0.05) is 12.4 Å². The molecule has 0 fully saturated rings. The number of pyridine rings is 1. The number of benzene rings is 1. The van der Waals surface area contributed by atoms with Gasteiger partial charge in [0.05, 0.1) is 24.5 Å². The van der Waals surface area contributed by atoms with Gasteiger partial charge >= 0.3 is 5.97 Å². The summed E-state index contributed by atoms with van der Waals surface area (Å²) in [7, 11) is 0. The quantitative estimate of drug-likeness (QED) is 0.766. The predicted molar refractivity (Wildman–Crippen MR) is 83.0 cm³/mol. The third kappa shape index (κ3) is 3.92. The number of nitrogens with zero attached hydrogens (tertiary/aromatic N) is 2. The van der Waals surface area contributed by atoms with Gasteiger partial charge < -0.3 is 4.74 Å². The fourth-order valence-electron chi connectivity index (χ4n) is 2.38. The maximum absolute atomic E-state index is 12.3. The molecule has 0 saturated heterocycles. The summed E-state index contributed by atoms with van der Waals surface area (Å²) >= 11 is 0. The highest BCUT2D eigenvalue weighted by Gasteiger charge is 2.27. The third-order valence-electron chi connectivity index (χ3n) is 3.49. The van der Waals surface area contributed by atoms with Crippen molar-refractivity contribution >= 4 is 5.97 Å². The lowest BCUT2D eigenvalue weighted by Gasteiger charge is -2.18. The Balaban J connectivity index is 2.26. The van der Waals surface area contributed by atoms with Gasteiger partial charge in [0.1, 0.15) is 0 Å². The summed E-state index contributed by atoms with van der Waals surface area (Å²) in [6.45, 7) is 2.09. The molecular weight excluding hydrogens is 276 g/mol. The summed E-state index contributed by atoms with van der Waals surface area (Å²) in [5, 5.41) is 9.47. The molecule has 0 aliphatic carbocycles. The smallest absolute Gasteiger partial charge is 0.313 e. The van der Waals surface area contributed by atoms with Gasteiger partial charge in [-0.25, -0.2) is 0 Å². The molecule has 2 atom stereocenters. The van der Waals surface area contributed by atoms with Gasteiger partial charge in [-0.3, -0.25) is 9.78 Å². The van der Waals surface area contributed by atoms with Crippen LogP contribution in [0, 0.1) is 11.3 Å². The fraction of sp³-hybridized carbons (Fsp3) is 0.278. The number of aromatic nitrogens is 1. The first-order valence-corrected chi connectivity index (χ1v) is 7.27. The molecule has 4 heteroatoms. The average Bonchev–Trinajstić information content (AvgIpc) is 2.57. The second kappa shape index (κ2) is 7.94. The molecule has 0 spiro atoms. The van der Waals surface area contributed by atoms with Crippen LogP contribution in [-0.2, 0) is 9.53 Å². The molecule has 1 aromatic carbocycles. The van der Waals surface area contributed by atoms with Crippen LogP contribution in [0.5, 0.6) is 0 Å². The van der Waals surface area contributed by atoms with E-state index in [-0.39, 0.29) is 11.9 Å². The maximum Gasteiger partial charge on any atom is 0.313 e. The van der Waals surface area contributed by atoms with Crippen LogP contribution in [0.15, 0.2) is 54.9 Å². The second-order valence-electron chi connectivity index (χ2n) is 4.92. The molecule has 1 heterocycles. The van der Waals surface area contributed by atoms with Gasteiger partial charge in [-0.1, -0.05) is 36.4 Å². The molecule has 1 aromatic heterocycles. The molecular formula is C18H18N2O2. The summed E-state index contributed by atoms with van der Waals surface area (Å²) in [5.74, 6) is -1.17. The monoisotopic (exact) mass is 294 g/mol. The van der Waals surface area contributed by atoms with Crippen molar-refractivity contribution in [3.8, 4) is 6.07 Å². The number of hydrogen-bond donors (Lipinski definition) is 0. The Kier molecular flexibility index (Phi) is 5.67. The van der Waals surface area contributed by atoms with E-state index in [0.29, 0.717) is 13.0 Å². The van der Waals surface area contributed by atoms with Crippen molar-refractivity contribution in [3.05, 3.63) is 66.0 Å². The van der Waals surface area contributed by atoms with Gasteiger partial charge in [-0.05, 0) is 30.5 Å². The fourth-order valence-corrected chi connectivity index (χ4v) is 2.38. The minimum Gasteiger partial charge on any atom is -0.466 e. The topological polar surface area (TPSA) is 63.0 Å². The predicted octanol–water partition coefficient (Wildman–Crippen LogP) is 3.43. The van der Waals surface area contributed by atoms with Crippen LogP contribution in [0.25, 0.3) is 0 Å². The van der Waals surface area contributed by atoms with Gasteiger partial charge in [0.15, 0.2) is 0 Å². The van der Waals surface area contributed by atoms with E-state index in [1.807, 2.05) is 36.4 Å². The van der Waals surface area contributed by atoms with Crippen LogP contribution < -0.4 is 0 Å². The van der Waals surface area contributed by atoms with Crippen molar-refractivity contribution in [1.29, 1.82) is 5.26 Å². The SMILES string of the molecule is CCOC(=O)C(CC(C#N)c1ccccc1)c1cccnc1. The van der Waals surface area contributed by atoms with Crippen LogP contribution in [0.2, 0.25) is 0 Å². The number of nitriles is 1. The zero-order valence-corrected chi connectivity index (χ0v) is 12.5. The number of rotatable bonds is 6. The number of ether oxygens (including phenoxy) is 1. The zero-order valence-electron chi connectivity index (χ0n) is 12.5. The highest BCUT2D eigenvalue weighted by molar-refractivity contribution is 5.78. The molecule has 0 aliphatic heterocycles. The van der Waals surface area contributed by atoms with E-state index in [9.17, 15) is 10.1 Å². The van der Waals surface area contributed by atoms with E-state index in [0.717, 1.165) is 11.1 Å². The first kappa shape index (κ1) is 15.7. The number of carbonyl (C=O) groups is 1. The highest BCUT2D eigenvalue weighted by Crippen LogP contribution is 2.30. The standard InChI is InChI=1S/C18H18N2O2/c1-2-22-18(21)17(15-9-6-10-20-13-15)11-16(12-19)14-7-4-3-5-8-14/h3-10,13,16-17H,2,11H2,1H3. The summed E-state index contributed by atoms with van der Waals surface area (Å²) in [5.41, 5.74) is 1.68. The minimum atomic E-state index is -0.487. The second-order valence-corrected chi connectivity index (χ2v) is 4.92. The number of carbonyl (C=O) groups excluding carboxylic acids is 1. The molecule has 2 rings (SSSR count). The normalized spacial score (nSPS) is 12.9. The Morgan fingerprint density at radius 1 is 1.23 bits per heavy atom. The molecule has 0 amide bonds. The van der Waals surface area contributed by atoms with Crippen molar-refractivity contribution < 1.29 is 9.53 Å². The molecule has 2 unspecified atom stereocenters. The zero-order chi connectivity index (χ0) is 15.8. The van der Waals surface area contributed by atoms with Crippen LogP contribution in [-0.4, -0.2) is 17.6 Å². The molecule has 0 N–H and O–H groups in total. The molecule has 0 saturated carbocycles. The Hall–Kier alpha value is -2.67. The largest absolute Gasteiger partial charge is 0.466 e. The third-order valence-corrected chi connectivity index (χ3v) is 3.49. The summed E-state index contributed by atoms with van der Waals surface area (Å²) in [6.07, 6.45) is 3.69. The lowest BCUT2D eigenvalue weighted by Crippen LogP contribution is -2.18. The summed E-state index contributed by atoms with van der Waals surface area (Å²) < 4.78 is 5.16. The maximum atomic E-state index is 12.3. The van der Waals surface area contributed by atoms with Crippen molar-refractivity contribution in [1.82, 2.24) is 4.98 Å². The Bertz CT molecular complexity index is 635. The molecule has 4 nitrogen and oxygen atoms in total. The first-order chi connectivity index (χ1) is 10.8. The Morgan fingerprint density at radius 3 is 2.55 bits per heavy atom. The van der Waals surface area contributed by atoms with E-state index in [1.54, 1.807) is 25.4 Å². The molecule has 112 valence electrons. The van der Waals surface area contributed by atoms with E-state index in [4.69, 9.17) is 4.74 Å². The summed E-state index contributed by atoms with van der Waals surface area (Å²) in [6, 6.07) is 15.4. The van der Waals surface area contributed by atoms with Crippen molar-refractivity contribution in [2.45, 2.75) is 25.2 Å². The van der Waals surface area contributed by atoms with Gasteiger partial charge in [-0.15, -0.1) is 0 Å². The molecule has 0 bridgehead atoms. The average molecular weight is 294 g/mol. The van der Waals surface area contributed by atoms with Crippen LogP contribution >= 0.6 is 0 Å². The van der Waals surface area contributed by atoms with Gasteiger partial charge in [-0.2, -0.15) is 5.26 Å². The lowest BCUT2D eigenvalue weighted by atomic mass is 9.86. The Morgan fingerprint density at radius 2 is 1.95 bits per heavy atom. The molecule has 2 aromatic rings.